The lowest BCUT2D eigenvalue weighted by Crippen LogP contribution is -2.34. The SMILES string of the molecule is CC(=O)Cl.N=C(N)NCCC[C@H](N)C(=O)O. The molecule has 0 rings (SSSR count). The van der Waals surface area contributed by atoms with Crippen molar-refractivity contribution in [3.05, 3.63) is 0 Å². The monoisotopic (exact) mass is 252 g/mol. The molecule has 7 nitrogen and oxygen atoms in total. The average Bonchev–Trinajstić information content (AvgIpc) is 2.10. The van der Waals surface area contributed by atoms with Crippen LogP contribution < -0.4 is 16.8 Å². The summed E-state index contributed by atoms with van der Waals surface area (Å²) in [5.74, 6) is -1.11. The van der Waals surface area contributed by atoms with E-state index in [2.05, 4.69) is 16.9 Å². The Morgan fingerprint density at radius 2 is 2.00 bits per heavy atom. The van der Waals surface area contributed by atoms with Crippen molar-refractivity contribution in [1.29, 1.82) is 5.41 Å². The normalized spacial score (nSPS) is 10.7. The molecule has 0 amide bonds. The molecule has 1 atom stereocenters. The first-order chi connectivity index (χ1) is 7.27. The lowest BCUT2D eigenvalue weighted by Gasteiger charge is -2.06. The summed E-state index contributed by atoms with van der Waals surface area (Å²) >= 11 is 4.64. The summed E-state index contributed by atoms with van der Waals surface area (Å²) < 4.78 is 0. The van der Waals surface area contributed by atoms with E-state index in [-0.39, 0.29) is 11.2 Å². The van der Waals surface area contributed by atoms with E-state index in [4.69, 9.17) is 22.0 Å². The summed E-state index contributed by atoms with van der Waals surface area (Å²) in [6, 6.07) is -0.821. The van der Waals surface area contributed by atoms with Crippen molar-refractivity contribution in [3.63, 3.8) is 0 Å². The zero-order chi connectivity index (χ0) is 13.1. The van der Waals surface area contributed by atoms with Gasteiger partial charge in [-0.3, -0.25) is 15.0 Å². The molecular weight excluding hydrogens is 236 g/mol. The number of carboxylic acids is 1. The number of hydrogen-bond donors (Lipinski definition) is 5. The predicted octanol–water partition coefficient (Wildman–Crippen LogP) is -0.567. The molecule has 0 aromatic heterocycles. The molecule has 0 saturated carbocycles. The summed E-state index contributed by atoms with van der Waals surface area (Å²) in [6.45, 7) is 1.78. The van der Waals surface area contributed by atoms with Crippen LogP contribution in [0.5, 0.6) is 0 Å². The first kappa shape index (κ1) is 17.1. The van der Waals surface area contributed by atoms with Crippen molar-refractivity contribution < 1.29 is 14.7 Å². The van der Waals surface area contributed by atoms with E-state index in [9.17, 15) is 9.59 Å². The third-order valence-corrected chi connectivity index (χ3v) is 1.32. The number of nitrogens with two attached hydrogens (primary N) is 2. The molecule has 0 aliphatic carbocycles. The van der Waals surface area contributed by atoms with E-state index in [0.29, 0.717) is 19.4 Å². The molecule has 0 heterocycles. The summed E-state index contributed by atoms with van der Waals surface area (Å²) in [7, 11) is 0. The number of guanidine groups is 1. The zero-order valence-electron chi connectivity index (χ0n) is 9.00. The molecule has 0 aromatic carbocycles. The van der Waals surface area contributed by atoms with Gasteiger partial charge in [0.1, 0.15) is 6.04 Å². The number of carbonyl (C=O) groups excluding carboxylic acids is 1. The molecule has 8 heteroatoms. The highest BCUT2D eigenvalue weighted by Gasteiger charge is 2.09. The van der Waals surface area contributed by atoms with Gasteiger partial charge in [-0.25, -0.2) is 0 Å². The summed E-state index contributed by atoms with van der Waals surface area (Å²) in [5.41, 5.74) is 10.2. The number of halogens is 1. The van der Waals surface area contributed by atoms with Crippen molar-refractivity contribution in [1.82, 2.24) is 5.32 Å². The fraction of sp³-hybridized carbons (Fsp3) is 0.625. The minimum absolute atomic E-state index is 0.112. The Morgan fingerprint density at radius 3 is 2.31 bits per heavy atom. The maximum Gasteiger partial charge on any atom is 0.320 e. The highest BCUT2D eigenvalue weighted by Crippen LogP contribution is 1.92. The second-order valence-corrected chi connectivity index (χ2v) is 3.43. The van der Waals surface area contributed by atoms with Crippen LogP contribution in [0.4, 0.5) is 0 Å². The second kappa shape index (κ2) is 10.2. The van der Waals surface area contributed by atoms with Gasteiger partial charge in [-0.2, -0.15) is 0 Å². The minimum atomic E-state index is -1.00. The Labute approximate surface area is 98.6 Å². The molecule has 0 aliphatic heterocycles. The van der Waals surface area contributed by atoms with Gasteiger partial charge in [-0.15, -0.1) is 0 Å². The fourth-order valence-corrected chi connectivity index (χ4v) is 0.669. The maximum atomic E-state index is 10.2. The topological polar surface area (TPSA) is 142 Å². The van der Waals surface area contributed by atoms with Gasteiger partial charge in [0.25, 0.3) is 0 Å². The van der Waals surface area contributed by atoms with Crippen LogP contribution in [-0.2, 0) is 9.59 Å². The van der Waals surface area contributed by atoms with Crippen molar-refractivity contribution in [3.8, 4) is 0 Å². The van der Waals surface area contributed by atoms with Gasteiger partial charge < -0.3 is 21.9 Å². The number of rotatable bonds is 5. The molecule has 16 heavy (non-hydrogen) atoms. The van der Waals surface area contributed by atoms with Gasteiger partial charge >= 0.3 is 5.97 Å². The molecule has 0 aromatic rings. The van der Waals surface area contributed by atoms with E-state index >= 15 is 0 Å². The number of aliphatic carboxylic acids is 1. The molecule has 0 spiro atoms. The summed E-state index contributed by atoms with van der Waals surface area (Å²) in [6.07, 6.45) is 0.975. The molecule has 7 N–H and O–H groups in total. The minimum Gasteiger partial charge on any atom is -0.480 e. The van der Waals surface area contributed by atoms with Crippen LogP contribution >= 0.6 is 11.6 Å². The van der Waals surface area contributed by atoms with Gasteiger partial charge in [0.2, 0.25) is 5.24 Å². The van der Waals surface area contributed by atoms with Crippen molar-refractivity contribution >= 4 is 28.8 Å². The van der Waals surface area contributed by atoms with Crippen molar-refractivity contribution in [2.45, 2.75) is 25.8 Å². The van der Waals surface area contributed by atoms with Crippen molar-refractivity contribution in [2.24, 2.45) is 11.5 Å². The van der Waals surface area contributed by atoms with Crippen LogP contribution in [0.2, 0.25) is 0 Å². The summed E-state index contributed by atoms with van der Waals surface area (Å²) in [5, 5.41) is 17.4. The Kier molecular flexibility index (Phi) is 10.9. The first-order valence-corrected chi connectivity index (χ1v) is 4.87. The van der Waals surface area contributed by atoms with E-state index in [1.165, 1.54) is 6.92 Å². The summed E-state index contributed by atoms with van der Waals surface area (Å²) in [4.78, 5) is 19.4. The zero-order valence-corrected chi connectivity index (χ0v) is 9.75. The Hall–Kier alpha value is -1.34. The number of carbonyl (C=O) groups is 2. The number of nitrogens with one attached hydrogen (secondary N) is 2. The molecule has 0 bridgehead atoms. The highest BCUT2D eigenvalue weighted by atomic mass is 35.5. The standard InChI is InChI=1S/C6H14N4O2.C2H3ClO/c7-4(5(11)12)2-1-3-10-6(8)9;1-2(3)4/h4H,1-3,7H2,(H,11,12)(H4,8,9,10);1H3/t4-;/m0./s1. The van der Waals surface area contributed by atoms with Crippen LogP contribution in [-0.4, -0.2) is 34.9 Å². The lowest BCUT2D eigenvalue weighted by molar-refractivity contribution is -0.138. The molecular formula is C8H17ClN4O3. The van der Waals surface area contributed by atoms with Gasteiger partial charge in [-0.1, -0.05) is 0 Å². The van der Waals surface area contributed by atoms with Gasteiger partial charge in [0, 0.05) is 13.5 Å². The lowest BCUT2D eigenvalue weighted by atomic mass is 10.2. The van der Waals surface area contributed by atoms with Crippen LogP contribution in [0.15, 0.2) is 0 Å². The molecule has 94 valence electrons. The van der Waals surface area contributed by atoms with Gasteiger partial charge in [-0.05, 0) is 24.4 Å². The molecule has 0 aliphatic rings. The van der Waals surface area contributed by atoms with Gasteiger partial charge in [0.05, 0.1) is 0 Å². The average molecular weight is 253 g/mol. The van der Waals surface area contributed by atoms with E-state index in [0.717, 1.165) is 0 Å². The largest absolute Gasteiger partial charge is 0.480 e. The number of hydrogen-bond acceptors (Lipinski definition) is 4. The van der Waals surface area contributed by atoms with E-state index < -0.39 is 12.0 Å². The van der Waals surface area contributed by atoms with E-state index in [1.807, 2.05) is 0 Å². The van der Waals surface area contributed by atoms with Crippen LogP contribution in [0, 0.1) is 5.41 Å². The van der Waals surface area contributed by atoms with Crippen LogP contribution in [0.1, 0.15) is 19.8 Å². The molecule has 0 fully saturated rings. The predicted molar refractivity (Wildman–Crippen MR) is 61.3 cm³/mol. The third-order valence-electron chi connectivity index (χ3n) is 1.32. The molecule has 0 saturated heterocycles. The Balaban J connectivity index is 0. The van der Waals surface area contributed by atoms with Gasteiger partial charge in [0.15, 0.2) is 5.96 Å². The second-order valence-electron chi connectivity index (χ2n) is 2.90. The van der Waals surface area contributed by atoms with Crippen molar-refractivity contribution in [2.75, 3.05) is 6.54 Å². The Bertz CT molecular complexity index is 243. The molecule has 0 radical (unpaired) electrons. The Morgan fingerprint density at radius 1 is 1.56 bits per heavy atom. The fourth-order valence-electron chi connectivity index (χ4n) is 0.669. The third kappa shape index (κ3) is 18.4. The van der Waals surface area contributed by atoms with Crippen LogP contribution in [0.25, 0.3) is 0 Å². The first-order valence-electron chi connectivity index (χ1n) is 4.49. The van der Waals surface area contributed by atoms with Crippen LogP contribution in [0.3, 0.4) is 0 Å². The number of carboxylic acid groups (broad SMARTS) is 1. The molecule has 0 unspecified atom stereocenters. The van der Waals surface area contributed by atoms with E-state index in [1.54, 1.807) is 0 Å². The highest BCUT2D eigenvalue weighted by molar-refractivity contribution is 6.62. The quantitative estimate of drug-likeness (QED) is 0.192. The maximum absolute atomic E-state index is 10.2. The smallest absolute Gasteiger partial charge is 0.320 e.